The molecule has 34 heavy (non-hydrogen) atoms. The molecule has 4 aliphatic carbocycles. The van der Waals surface area contributed by atoms with Crippen LogP contribution in [-0.4, -0.2) is 15.4 Å². The van der Waals surface area contributed by atoms with Gasteiger partial charge in [-0.1, -0.05) is 42.5 Å². The molecule has 4 heteroatoms. The summed E-state index contributed by atoms with van der Waals surface area (Å²) < 4.78 is 15.6. The van der Waals surface area contributed by atoms with Crippen LogP contribution in [-0.2, 0) is 24.4 Å². The maximum atomic E-state index is 14.3. The van der Waals surface area contributed by atoms with E-state index in [1.807, 2.05) is 18.2 Å². The van der Waals surface area contributed by atoms with E-state index < -0.39 is 0 Å². The molecule has 3 aromatic rings. The number of carbonyl (C=O) groups is 1. The highest BCUT2D eigenvalue weighted by Crippen LogP contribution is 2.60. The molecule has 176 valence electrons. The second-order valence-electron chi connectivity index (χ2n) is 11.1. The molecule has 2 aromatic carbocycles. The maximum Gasteiger partial charge on any atom is 0.229 e. The first-order chi connectivity index (χ1) is 16.6. The number of halogens is 1. The van der Waals surface area contributed by atoms with Crippen molar-refractivity contribution >= 4 is 5.91 Å². The molecule has 0 aliphatic heterocycles. The summed E-state index contributed by atoms with van der Waals surface area (Å²) in [5, 5.41) is 0. The summed E-state index contributed by atoms with van der Waals surface area (Å²) in [6, 6.07) is 21.2. The number of nitrogens with zero attached hydrogens (tertiary/aromatic N) is 2. The molecule has 4 saturated carbocycles. The Morgan fingerprint density at radius 3 is 2.12 bits per heavy atom. The van der Waals surface area contributed by atoms with Gasteiger partial charge in [0.25, 0.3) is 0 Å². The molecule has 0 atom stereocenters. The zero-order valence-electron chi connectivity index (χ0n) is 19.7. The van der Waals surface area contributed by atoms with Crippen LogP contribution in [0, 0.1) is 29.0 Å². The molecule has 0 radical (unpaired) electrons. The Morgan fingerprint density at radius 1 is 0.824 bits per heavy atom. The minimum Gasteiger partial charge on any atom is -0.345 e. The Bertz CT molecular complexity index is 1110. The second-order valence-corrected chi connectivity index (χ2v) is 11.1. The molecule has 3 nitrogen and oxygen atoms in total. The van der Waals surface area contributed by atoms with E-state index in [2.05, 4.69) is 52.1 Å². The standard InChI is InChI=1S/C30H33FN2O/c31-27-10-8-23(9-11-27)19-32-12-4-7-28(32)21-33(20-22-5-2-1-3-6-22)29(34)30-16-24-13-25(17-30)15-26(14-24)18-30/h1-12,24-26H,13-21H2. The van der Waals surface area contributed by atoms with E-state index in [-0.39, 0.29) is 11.2 Å². The summed E-state index contributed by atoms with van der Waals surface area (Å²) in [6.07, 6.45) is 9.33. The van der Waals surface area contributed by atoms with Crippen LogP contribution in [0.25, 0.3) is 0 Å². The lowest BCUT2D eigenvalue weighted by Crippen LogP contribution is -2.54. The van der Waals surface area contributed by atoms with Crippen molar-refractivity contribution in [2.75, 3.05) is 0 Å². The van der Waals surface area contributed by atoms with Crippen LogP contribution >= 0.6 is 0 Å². The number of rotatable bonds is 7. The quantitative estimate of drug-likeness (QED) is 0.403. The van der Waals surface area contributed by atoms with Gasteiger partial charge in [0.15, 0.2) is 0 Å². The molecule has 0 spiro atoms. The van der Waals surface area contributed by atoms with E-state index in [1.54, 1.807) is 0 Å². The molecule has 7 rings (SSSR count). The van der Waals surface area contributed by atoms with Gasteiger partial charge in [-0.2, -0.15) is 0 Å². The molecule has 0 unspecified atom stereocenters. The minimum absolute atomic E-state index is 0.155. The van der Waals surface area contributed by atoms with Gasteiger partial charge >= 0.3 is 0 Å². The Hall–Kier alpha value is -2.88. The van der Waals surface area contributed by atoms with Crippen molar-refractivity contribution in [1.29, 1.82) is 0 Å². The van der Waals surface area contributed by atoms with E-state index in [0.717, 1.165) is 48.3 Å². The van der Waals surface area contributed by atoms with Crippen molar-refractivity contribution in [2.24, 2.45) is 23.2 Å². The van der Waals surface area contributed by atoms with Crippen molar-refractivity contribution in [2.45, 2.75) is 58.2 Å². The van der Waals surface area contributed by atoms with Gasteiger partial charge in [0.2, 0.25) is 5.91 Å². The lowest BCUT2D eigenvalue weighted by Gasteiger charge is -2.56. The molecular formula is C30H33FN2O. The number of amides is 1. The molecule has 1 heterocycles. The van der Waals surface area contributed by atoms with Crippen LogP contribution in [0.5, 0.6) is 0 Å². The Balaban J connectivity index is 1.27. The highest BCUT2D eigenvalue weighted by Gasteiger charge is 2.55. The highest BCUT2D eigenvalue weighted by molar-refractivity contribution is 5.83. The first-order valence-electron chi connectivity index (χ1n) is 12.8. The molecule has 4 bridgehead atoms. The van der Waals surface area contributed by atoms with Gasteiger partial charge in [-0.25, -0.2) is 4.39 Å². The van der Waals surface area contributed by atoms with E-state index in [4.69, 9.17) is 0 Å². The SMILES string of the molecule is O=C(N(Cc1ccccc1)Cc1cccn1Cc1ccc(F)cc1)C12CC3CC(CC(C3)C1)C2. The van der Waals surface area contributed by atoms with Crippen molar-refractivity contribution in [3.63, 3.8) is 0 Å². The van der Waals surface area contributed by atoms with E-state index >= 15 is 0 Å². The Kier molecular flexibility index (Phi) is 5.55. The predicted octanol–water partition coefficient (Wildman–Crippen LogP) is 6.42. The number of benzene rings is 2. The van der Waals surface area contributed by atoms with Crippen molar-refractivity contribution in [3.05, 3.63) is 95.6 Å². The fraction of sp³-hybridized carbons (Fsp3) is 0.433. The largest absolute Gasteiger partial charge is 0.345 e. The normalized spacial score (nSPS) is 27.1. The van der Waals surface area contributed by atoms with Crippen molar-refractivity contribution in [1.82, 2.24) is 9.47 Å². The van der Waals surface area contributed by atoms with Crippen LogP contribution in [0.1, 0.15) is 55.3 Å². The van der Waals surface area contributed by atoms with E-state index in [0.29, 0.717) is 25.5 Å². The van der Waals surface area contributed by atoms with Gasteiger partial charge in [0.05, 0.1) is 12.0 Å². The zero-order valence-corrected chi connectivity index (χ0v) is 19.7. The first-order valence-corrected chi connectivity index (χ1v) is 12.8. The van der Waals surface area contributed by atoms with Crippen LogP contribution in [0.15, 0.2) is 72.9 Å². The summed E-state index contributed by atoms with van der Waals surface area (Å²) in [7, 11) is 0. The third kappa shape index (κ3) is 4.19. The van der Waals surface area contributed by atoms with Crippen LogP contribution in [0.3, 0.4) is 0 Å². The molecular weight excluding hydrogens is 423 g/mol. The Labute approximate surface area is 201 Å². The van der Waals surface area contributed by atoms with Gasteiger partial charge in [-0.15, -0.1) is 0 Å². The van der Waals surface area contributed by atoms with Gasteiger partial charge in [0.1, 0.15) is 5.82 Å². The van der Waals surface area contributed by atoms with Gasteiger partial charge in [-0.05, 0) is 91.7 Å². The molecule has 4 fully saturated rings. The summed E-state index contributed by atoms with van der Waals surface area (Å²) in [5.41, 5.74) is 3.20. The number of hydrogen-bond acceptors (Lipinski definition) is 1. The van der Waals surface area contributed by atoms with E-state index in [1.165, 1.54) is 37.0 Å². The van der Waals surface area contributed by atoms with E-state index in [9.17, 15) is 9.18 Å². The van der Waals surface area contributed by atoms with Gasteiger partial charge < -0.3 is 9.47 Å². The van der Waals surface area contributed by atoms with Crippen molar-refractivity contribution in [3.8, 4) is 0 Å². The zero-order chi connectivity index (χ0) is 23.1. The smallest absolute Gasteiger partial charge is 0.229 e. The molecule has 4 aliphatic rings. The monoisotopic (exact) mass is 456 g/mol. The van der Waals surface area contributed by atoms with Crippen LogP contribution in [0.4, 0.5) is 4.39 Å². The maximum absolute atomic E-state index is 14.3. The minimum atomic E-state index is -0.216. The van der Waals surface area contributed by atoms with Gasteiger partial charge in [-0.3, -0.25) is 4.79 Å². The summed E-state index contributed by atoms with van der Waals surface area (Å²) in [5.74, 6) is 2.39. The second kappa shape index (κ2) is 8.72. The third-order valence-corrected chi connectivity index (χ3v) is 8.54. The average molecular weight is 457 g/mol. The third-order valence-electron chi connectivity index (χ3n) is 8.54. The molecule has 1 aromatic heterocycles. The van der Waals surface area contributed by atoms with Gasteiger partial charge in [0, 0.05) is 25.0 Å². The molecule has 1 amide bonds. The number of hydrogen-bond donors (Lipinski definition) is 0. The predicted molar refractivity (Wildman–Crippen MR) is 131 cm³/mol. The lowest BCUT2D eigenvalue weighted by atomic mass is 9.49. The van der Waals surface area contributed by atoms with Crippen LogP contribution in [0.2, 0.25) is 0 Å². The summed E-state index contributed by atoms with van der Waals surface area (Å²) in [4.78, 5) is 16.4. The number of carbonyl (C=O) groups excluding carboxylic acids is 1. The average Bonchev–Trinajstić information content (AvgIpc) is 3.26. The molecule has 0 N–H and O–H groups in total. The number of aromatic nitrogens is 1. The first kappa shape index (κ1) is 21.6. The lowest BCUT2D eigenvalue weighted by molar-refractivity contribution is -0.159. The fourth-order valence-corrected chi connectivity index (χ4v) is 7.44. The summed E-state index contributed by atoms with van der Waals surface area (Å²) >= 11 is 0. The molecule has 0 saturated heterocycles. The Morgan fingerprint density at radius 2 is 1.47 bits per heavy atom. The van der Waals surface area contributed by atoms with Crippen LogP contribution < -0.4 is 0 Å². The summed E-state index contributed by atoms with van der Waals surface area (Å²) in [6.45, 7) is 1.92. The highest BCUT2D eigenvalue weighted by atomic mass is 19.1. The topological polar surface area (TPSA) is 25.2 Å². The fourth-order valence-electron chi connectivity index (χ4n) is 7.44. The van der Waals surface area contributed by atoms with Crippen molar-refractivity contribution < 1.29 is 9.18 Å².